The number of benzene rings is 3. The molecule has 0 bridgehead atoms. The normalized spacial score (nSPS) is 22.1. The van der Waals surface area contributed by atoms with E-state index in [1.54, 1.807) is 12.3 Å². The summed E-state index contributed by atoms with van der Waals surface area (Å²) in [6, 6.07) is 26.2. The van der Waals surface area contributed by atoms with Crippen LogP contribution in [0.1, 0.15) is 28.5 Å². The topological polar surface area (TPSA) is 54.7 Å². The van der Waals surface area contributed by atoms with Gasteiger partial charge in [0.05, 0.1) is 19.8 Å². The molecular weight excluding hydrogens is 546 g/mol. The number of aryl methyl sites for hydroxylation is 2. The van der Waals surface area contributed by atoms with Gasteiger partial charge < -0.3 is 18.9 Å². The van der Waals surface area contributed by atoms with Crippen molar-refractivity contribution in [3.8, 4) is 11.6 Å². The van der Waals surface area contributed by atoms with Crippen LogP contribution in [-0.2, 0) is 27.4 Å². The summed E-state index contributed by atoms with van der Waals surface area (Å²) in [5.41, 5.74) is 1.92. The molecule has 0 saturated carbocycles. The predicted molar refractivity (Wildman–Crippen MR) is 154 cm³/mol. The second kappa shape index (κ2) is 13.0. The number of ether oxygens (including phenoxy) is 4. The molecular formula is C32H32F2N2O4S. The van der Waals surface area contributed by atoms with Gasteiger partial charge >= 0.3 is 0 Å². The summed E-state index contributed by atoms with van der Waals surface area (Å²) in [5.74, 6) is 0.936. The van der Waals surface area contributed by atoms with Crippen LogP contribution in [0.15, 0.2) is 91.1 Å². The third kappa shape index (κ3) is 6.54. The Kier molecular flexibility index (Phi) is 9.19. The highest BCUT2D eigenvalue weighted by Crippen LogP contribution is 2.42. The van der Waals surface area contributed by atoms with E-state index in [1.165, 1.54) is 4.57 Å². The van der Waals surface area contributed by atoms with Crippen LogP contribution in [0.2, 0.25) is 0 Å². The Morgan fingerprint density at radius 1 is 0.902 bits per heavy atom. The molecule has 4 atom stereocenters. The minimum Gasteiger partial charge on any atom is -0.438 e. The summed E-state index contributed by atoms with van der Waals surface area (Å²) in [4.78, 5) is 4.37. The van der Waals surface area contributed by atoms with Gasteiger partial charge in [0.1, 0.15) is 18.5 Å². The lowest BCUT2D eigenvalue weighted by Gasteiger charge is -2.31. The number of hydrogen-bond acceptors (Lipinski definition) is 6. The van der Waals surface area contributed by atoms with E-state index in [4.69, 9.17) is 31.2 Å². The molecule has 0 spiro atoms. The Bertz CT molecular complexity index is 1480. The second-order valence-corrected chi connectivity index (χ2v) is 10.5. The zero-order valence-corrected chi connectivity index (χ0v) is 23.7. The summed E-state index contributed by atoms with van der Waals surface area (Å²) >= 11 is 5.51. The van der Waals surface area contributed by atoms with Crippen LogP contribution in [0.25, 0.3) is 0 Å². The molecule has 41 heavy (non-hydrogen) atoms. The summed E-state index contributed by atoms with van der Waals surface area (Å²) in [6.07, 6.45) is -2.75. The number of nitrogens with zero attached hydrogens (tertiary/aromatic N) is 2. The molecule has 2 heterocycles. The van der Waals surface area contributed by atoms with Crippen molar-refractivity contribution in [2.45, 2.75) is 51.2 Å². The van der Waals surface area contributed by atoms with Gasteiger partial charge in [-0.2, -0.15) is 4.98 Å². The highest BCUT2D eigenvalue weighted by molar-refractivity contribution is 7.71. The van der Waals surface area contributed by atoms with Crippen molar-refractivity contribution in [1.29, 1.82) is 0 Å². The fourth-order valence-electron chi connectivity index (χ4n) is 4.92. The fourth-order valence-corrected chi connectivity index (χ4v) is 5.17. The van der Waals surface area contributed by atoms with E-state index in [2.05, 4.69) is 4.98 Å². The Labute approximate surface area is 243 Å². The zero-order chi connectivity index (χ0) is 28.8. The highest BCUT2D eigenvalue weighted by Gasteiger charge is 2.58. The maximum absolute atomic E-state index is 16.2. The fraction of sp³-hybridized carbons (Fsp3) is 0.312. The van der Waals surface area contributed by atoms with Crippen LogP contribution in [-0.4, -0.2) is 40.7 Å². The van der Waals surface area contributed by atoms with E-state index in [1.807, 2.05) is 92.7 Å². The third-order valence-electron chi connectivity index (χ3n) is 7.09. The standard InChI is InChI=1S/C32H32F2N2O4S/c1-22-10-9-11-23(2)28(22)39-26-16-17-36(31(41)35-26)30-27(34)29(38-19-25-14-7-4-8-15-25)32(20-33,40-30)21-37-18-24-12-5-3-6-13-24/h3-17,27,29-30H,18-21H2,1-2H3/t27-,29+,30-,32-/m1/s1. The van der Waals surface area contributed by atoms with Gasteiger partial charge in [-0.1, -0.05) is 78.9 Å². The number of alkyl halides is 2. The van der Waals surface area contributed by atoms with Gasteiger partial charge in [0, 0.05) is 12.3 Å². The Balaban J connectivity index is 1.39. The summed E-state index contributed by atoms with van der Waals surface area (Å²) in [7, 11) is 0. The van der Waals surface area contributed by atoms with Gasteiger partial charge in [-0.3, -0.25) is 4.57 Å². The third-order valence-corrected chi connectivity index (χ3v) is 7.39. The number of aromatic nitrogens is 2. The molecule has 1 saturated heterocycles. The molecule has 0 unspecified atom stereocenters. The second-order valence-electron chi connectivity index (χ2n) is 10.1. The zero-order valence-electron chi connectivity index (χ0n) is 22.9. The molecule has 0 radical (unpaired) electrons. The van der Waals surface area contributed by atoms with Gasteiger partial charge in [0.15, 0.2) is 18.0 Å². The molecule has 3 aromatic carbocycles. The van der Waals surface area contributed by atoms with Gasteiger partial charge in [-0.15, -0.1) is 0 Å². The van der Waals surface area contributed by atoms with Crippen molar-refractivity contribution in [2.75, 3.05) is 13.3 Å². The lowest BCUT2D eigenvalue weighted by atomic mass is 9.97. The average Bonchev–Trinajstić information content (AvgIpc) is 3.26. The van der Waals surface area contributed by atoms with Crippen molar-refractivity contribution in [1.82, 2.24) is 9.55 Å². The number of halogens is 2. The molecule has 1 fully saturated rings. The molecule has 1 aliphatic rings. The molecule has 1 aliphatic heterocycles. The lowest BCUT2D eigenvalue weighted by Crippen LogP contribution is -2.49. The molecule has 5 rings (SSSR count). The quantitative estimate of drug-likeness (QED) is 0.173. The maximum Gasteiger partial charge on any atom is 0.223 e. The molecule has 214 valence electrons. The van der Waals surface area contributed by atoms with E-state index < -0.39 is 30.8 Å². The van der Waals surface area contributed by atoms with Crippen LogP contribution in [0, 0.1) is 18.6 Å². The maximum atomic E-state index is 16.2. The van der Waals surface area contributed by atoms with Crippen molar-refractivity contribution in [3.63, 3.8) is 0 Å². The monoisotopic (exact) mass is 578 g/mol. The first-order valence-corrected chi connectivity index (χ1v) is 13.8. The van der Waals surface area contributed by atoms with Crippen LogP contribution < -0.4 is 4.74 Å². The summed E-state index contributed by atoms with van der Waals surface area (Å²) in [6.45, 7) is 2.92. The van der Waals surface area contributed by atoms with Gasteiger partial charge in [0.25, 0.3) is 0 Å². The van der Waals surface area contributed by atoms with Crippen LogP contribution in [0.5, 0.6) is 11.6 Å². The van der Waals surface area contributed by atoms with Gasteiger partial charge in [0.2, 0.25) is 10.7 Å². The van der Waals surface area contributed by atoms with Crippen LogP contribution in [0.3, 0.4) is 0 Å². The van der Waals surface area contributed by atoms with Crippen molar-refractivity contribution in [3.05, 3.63) is 118 Å². The van der Waals surface area contributed by atoms with Crippen LogP contribution in [0.4, 0.5) is 8.78 Å². The largest absolute Gasteiger partial charge is 0.438 e. The van der Waals surface area contributed by atoms with E-state index in [9.17, 15) is 4.39 Å². The minimum absolute atomic E-state index is 0.0306. The average molecular weight is 579 g/mol. The molecule has 0 amide bonds. The van der Waals surface area contributed by atoms with E-state index in [0.29, 0.717) is 5.75 Å². The molecule has 9 heteroatoms. The Hall–Kier alpha value is -3.50. The SMILES string of the molecule is Cc1cccc(C)c1Oc1ccn([C@@H]2O[C@](CF)(COCc3ccccc3)[C@@H](OCc3ccccc3)[C@H]2F)c(=S)n1. The van der Waals surface area contributed by atoms with Crippen LogP contribution >= 0.6 is 12.2 Å². The minimum atomic E-state index is -1.76. The van der Waals surface area contributed by atoms with E-state index >= 15 is 4.39 Å². The highest BCUT2D eigenvalue weighted by atomic mass is 32.1. The molecule has 0 aliphatic carbocycles. The Morgan fingerprint density at radius 3 is 2.15 bits per heavy atom. The number of para-hydroxylation sites is 1. The van der Waals surface area contributed by atoms with E-state index in [-0.39, 0.29) is 30.5 Å². The summed E-state index contributed by atoms with van der Waals surface area (Å²) < 4.78 is 56.5. The molecule has 4 aromatic rings. The molecule has 1 aromatic heterocycles. The van der Waals surface area contributed by atoms with E-state index in [0.717, 1.165) is 22.3 Å². The number of rotatable bonds is 11. The summed E-state index contributed by atoms with van der Waals surface area (Å²) in [5, 5.41) is 0. The van der Waals surface area contributed by atoms with Crippen molar-refractivity contribution >= 4 is 12.2 Å². The predicted octanol–water partition coefficient (Wildman–Crippen LogP) is 7.40. The molecule has 6 nitrogen and oxygen atoms in total. The first kappa shape index (κ1) is 29.0. The van der Waals surface area contributed by atoms with Crippen molar-refractivity contribution in [2.24, 2.45) is 0 Å². The van der Waals surface area contributed by atoms with Gasteiger partial charge in [-0.05, 0) is 48.3 Å². The Morgan fingerprint density at radius 2 is 1.54 bits per heavy atom. The van der Waals surface area contributed by atoms with Gasteiger partial charge in [-0.25, -0.2) is 8.78 Å². The number of hydrogen-bond donors (Lipinski definition) is 0. The van der Waals surface area contributed by atoms with Crippen molar-refractivity contribution < 1.29 is 27.7 Å². The smallest absolute Gasteiger partial charge is 0.223 e. The molecule has 0 N–H and O–H groups in total. The lowest BCUT2D eigenvalue weighted by molar-refractivity contribution is -0.164. The first-order chi connectivity index (χ1) is 19.9. The first-order valence-electron chi connectivity index (χ1n) is 13.4.